The average Bonchev–Trinajstić information content (AvgIpc) is 2.57. The van der Waals surface area contributed by atoms with Crippen LogP contribution in [-0.4, -0.2) is 43.9 Å². The number of hydrogen-bond donors (Lipinski definition) is 2. The fraction of sp³-hybridized carbons (Fsp3) is 0.583. The number of nitrogens with zero attached hydrogens (tertiary/aromatic N) is 3. The van der Waals surface area contributed by atoms with Crippen molar-refractivity contribution < 1.29 is 14.7 Å². The minimum absolute atomic E-state index is 0.296. The number of carboxylic acids is 1. The summed E-state index contributed by atoms with van der Waals surface area (Å²) in [4.78, 5) is 24.6. The van der Waals surface area contributed by atoms with Crippen molar-refractivity contribution in [2.45, 2.75) is 33.2 Å². The summed E-state index contributed by atoms with van der Waals surface area (Å²) in [7, 11) is 1.75. The second-order valence-corrected chi connectivity index (χ2v) is 4.84. The number of anilines is 1. The van der Waals surface area contributed by atoms with Crippen molar-refractivity contribution >= 4 is 17.7 Å². The Bertz CT molecular complexity index is 493. The molecule has 0 aromatic carbocycles. The molecule has 7 heteroatoms. The summed E-state index contributed by atoms with van der Waals surface area (Å²) in [6.07, 6.45) is 1.68. The second kappa shape index (κ2) is 5.29. The predicted molar refractivity (Wildman–Crippen MR) is 71.1 cm³/mol. The number of urea groups is 1. The molecule has 0 radical (unpaired) electrons. The van der Waals surface area contributed by atoms with E-state index in [1.165, 1.54) is 18.7 Å². The van der Waals surface area contributed by atoms with Crippen LogP contribution in [0.3, 0.4) is 0 Å². The molecule has 0 bridgehead atoms. The van der Waals surface area contributed by atoms with Crippen LogP contribution < -0.4 is 5.32 Å². The maximum Gasteiger partial charge on any atom is 0.329 e. The average molecular weight is 268 g/mol. The number of likely N-dealkylation sites (N-methyl/N-ethyl adjacent to an activating group) is 1. The summed E-state index contributed by atoms with van der Waals surface area (Å²) in [5.74, 6) is -1.05. The van der Waals surface area contributed by atoms with E-state index < -0.39 is 17.5 Å². The number of aryl methyl sites for hydroxylation is 2. The van der Waals surface area contributed by atoms with Crippen LogP contribution in [0.25, 0.3) is 0 Å². The number of carbonyl (C=O) groups is 2. The number of amides is 2. The molecule has 2 amide bonds. The van der Waals surface area contributed by atoms with Gasteiger partial charge >= 0.3 is 12.0 Å². The molecule has 0 spiro atoms. The monoisotopic (exact) mass is 268 g/mol. The molecule has 1 rings (SSSR count). The highest BCUT2D eigenvalue weighted by Crippen LogP contribution is 2.18. The molecular formula is C12H20N4O3. The summed E-state index contributed by atoms with van der Waals surface area (Å²) in [6.45, 7) is 6.79. The van der Waals surface area contributed by atoms with Crippen LogP contribution in [0.1, 0.15) is 26.5 Å². The van der Waals surface area contributed by atoms with Crippen LogP contribution in [-0.2, 0) is 11.8 Å². The lowest BCUT2D eigenvalue weighted by Crippen LogP contribution is -2.54. The normalized spacial score (nSPS) is 11.2. The van der Waals surface area contributed by atoms with Crippen molar-refractivity contribution in [3.8, 4) is 0 Å². The molecule has 1 aromatic heterocycles. The van der Waals surface area contributed by atoms with Gasteiger partial charge in [-0.05, 0) is 27.7 Å². The SMILES string of the molecule is CCN(C(=O)Nc1cn(C)nc1C)C(C)(C)C(=O)O. The third-order valence-corrected chi connectivity index (χ3v) is 3.01. The van der Waals surface area contributed by atoms with Gasteiger partial charge in [-0.3, -0.25) is 4.68 Å². The molecule has 1 heterocycles. The summed E-state index contributed by atoms with van der Waals surface area (Å²) >= 11 is 0. The fourth-order valence-electron chi connectivity index (χ4n) is 1.81. The Morgan fingerprint density at radius 2 is 2.11 bits per heavy atom. The number of hydrogen-bond acceptors (Lipinski definition) is 3. The zero-order valence-corrected chi connectivity index (χ0v) is 11.9. The molecule has 19 heavy (non-hydrogen) atoms. The number of carboxylic acid groups (broad SMARTS) is 1. The van der Waals surface area contributed by atoms with Crippen LogP contribution in [0.15, 0.2) is 6.20 Å². The van der Waals surface area contributed by atoms with E-state index in [1.54, 1.807) is 31.8 Å². The van der Waals surface area contributed by atoms with E-state index in [0.29, 0.717) is 17.9 Å². The molecule has 1 aromatic rings. The summed E-state index contributed by atoms with van der Waals surface area (Å²) in [5.41, 5.74) is -0.0123. The van der Waals surface area contributed by atoms with Gasteiger partial charge < -0.3 is 15.3 Å². The first-order valence-corrected chi connectivity index (χ1v) is 6.02. The Morgan fingerprint density at radius 1 is 1.53 bits per heavy atom. The zero-order valence-electron chi connectivity index (χ0n) is 11.9. The van der Waals surface area contributed by atoms with Crippen molar-refractivity contribution in [2.75, 3.05) is 11.9 Å². The molecule has 0 aliphatic rings. The largest absolute Gasteiger partial charge is 0.480 e. The Kier molecular flexibility index (Phi) is 4.18. The van der Waals surface area contributed by atoms with E-state index in [1.807, 2.05) is 0 Å². The topological polar surface area (TPSA) is 87.5 Å². The Labute approximate surface area is 112 Å². The van der Waals surface area contributed by atoms with Crippen molar-refractivity contribution in [1.29, 1.82) is 0 Å². The summed E-state index contributed by atoms with van der Waals surface area (Å²) in [5, 5.41) is 16.0. The van der Waals surface area contributed by atoms with Crippen LogP contribution in [0, 0.1) is 6.92 Å². The number of rotatable bonds is 4. The number of aromatic nitrogens is 2. The van der Waals surface area contributed by atoms with E-state index in [0.717, 1.165) is 0 Å². The number of aliphatic carboxylic acids is 1. The van der Waals surface area contributed by atoms with Crippen LogP contribution in [0.4, 0.5) is 10.5 Å². The minimum atomic E-state index is -1.27. The molecule has 2 N–H and O–H groups in total. The lowest BCUT2D eigenvalue weighted by molar-refractivity contribution is -0.147. The fourth-order valence-corrected chi connectivity index (χ4v) is 1.81. The van der Waals surface area contributed by atoms with Crippen LogP contribution in [0.5, 0.6) is 0 Å². The second-order valence-electron chi connectivity index (χ2n) is 4.84. The van der Waals surface area contributed by atoms with Gasteiger partial charge in [0, 0.05) is 19.8 Å². The maximum absolute atomic E-state index is 12.2. The van der Waals surface area contributed by atoms with Gasteiger partial charge in [0.05, 0.1) is 11.4 Å². The molecule has 0 saturated carbocycles. The van der Waals surface area contributed by atoms with Crippen LogP contribution >= 0.6 is 0 Å². The van der Waals surface area contributed by atoms with Gasteiger partial charge in [0.25, 0.3) is 0 Å². The minimum Gasteiger partial charge on any atom is -0.480 e. The summed E-state index contributed by atoms with van der Waals surface area (Å²) in [6, 6.07) is -0.453. The van der Waals surface area contributed by atoms with Gasteiger partial charge in [0.2, 0.25) is 0 Å². The van der Waals surface area contributed by atoms with E-state index in [-0.39, 0.29) is 0 Å². The quantitative estimate of drug-likeness (QED) is 0.865. The number of carbonyl (C=O) groups excluding carboxylic acids is 1. The molecule has 0 saturated heterocycles. The molecule has 106 valence electrons. The first-order valence-electron chi connectivity index (χ1n) is 6.02. The van der Waals surface area contributed by atoms with Crippen molar-refractivity contribution in [2.24, 2.45) is 7.05 Å². The molecule has 0 aliphatic heterocycles. The lowest BCUT2D eigenvalue weighted by atomic mass is 10.0. The summed E-state index contributed by atoms with van der Waals surface area (Å²) < 4.78 is 1.59. The highest BCUT2D eigenvalue weighted by Gasteiger charge is 2.37. The first kappa shape index (κ1) is 15.0. The van der Waals surface area contributed by atoms with Crippen molar-refractivity contribution in [3.05, 3.63) is 11.9 Å². The van der Waals surface area contributed by atoms with Gasteiger partial charge in [-0.1, -0.05) is 0 Å². The van der Waals surface area contributed by atoms with Gasteiger partial charge in [-0.25, -0.2) is 9.59 Å². The maximum atomic E-state index is 12.2. The van der Waals surface area contributed by atoms with Crippen molar-refractivity contribution in [1.82, 2.24) is 14.7 Å². The Hall–Kier alpha value is -2.05. The predicted octanol–water partition coefficient (Wildman–Crippen LogP) is 1.45. The molecule has 0 atom stereocenters. The highest BCUT2D eigenvalue weighted by molar-refractivity contribution is 5.93. The molecule has 0 unspecified atom stereocenters. The number of nitrogens with one attached hydrogen (secondary N) is 1. The van der Waals surface area contributed by atoms with Gasteiger partial charge in [-0.2, -0.15) is 5.10 Å². The Morgan fingerprint density at radius 3 is 2.47 bits per heavy atom. The molecule has 0 fully saturated rings. The third kappa shape index (κ3) is 3.04. The highest BCUT2D eigenvalue weighted by atomic mass is 16.4. The molecule has 0 aliphatic carbocycles. The van der Waals surface area contributed by atoms with E-state index in [9.17, 15) is 14.7 Å². The van der Waals surface area contributed by atoms with E-state index in [2.05, 4.69) is 10.4 Å². The van der Waals surface area contributed by atoms with Gasteiger partial charge in [0.15, 0.2) is 0 Å². The smallest absolute Gasteiger partial charge is 0.329 e. The molecular weight excluding hydrogens is 248 g/mol. The van der Waals surface area contributed by atoms with Gasteiger partial charge in [0.1, 0.15) is 5.54 Å². The van der Waals surface area contributed by atoms with E-state index in [4.69, 9.17) is 0 Å². The Balaban J connectivity index is 2.92. The lowest BCUT2D eigenvalue weighted by Gasteiger charge is -2.34. The van der Waals surface area contributed by atoms with Gasteiger partial charge in [-0.15, -0.1) is 0 Å². The zero-order chi connectivity index (χ0) is 14.8. The third-order valence-electron chi connectivity index (χ3n) is 3.01. The first-order chi connectivity index (χ1) is 8.70. The van der Waals surface area contributed by atoms with Crippen LogP contribution in [0.2, 0.25) is 0 Å². The standard InChI is InChI=1S/C12H20N4O3/c1-6-16(12(3,4)10(17)18)11(19)13-9-7-15(5)14-8(9)2/h7H,6H2,1-5H3,(H,13,19)(H,17,18). The molecule has 7 nitrogen and oxygen atoms in total. The van der Waals surface area contributed by atoms with E-state index >= 15 is 0 Å². The van der Waals surface area contributed by atoms with Crippen molar-refractivity contribution in [3.63, 3.8) is 0 Å².